The third-order valence-corrected chi connectivity index (χ3v) is 7.61. The molecule has 0 radical (unpaired) electrons. The number of nitrogens with one attached hydrogen (secondary N) is 1. The minimum Gasteiger partial charge on any atom is -0.394 e. The third kappa shape index (κ3) is 6.54. The van der Waals surface area contributed by atoms with Gasteiger partial charge in [0.1, 0.15) is 42.7 Å². The zero-order valence-corrected chi connectivity index (χ0v) is 19.4. The van der Waals surface area contributed by atoms with Crippen LogP contribution < -0.4 is 11.2 Å². The molecule has 0 amide bonds. The lowest BCUT2D eigenvalue weighted by atomic mass is 10.00. The van der Waals surface area contributed by atoms with Gasteiger partial charge in [-0.05, 0) is 0 Å². The van der Waals surface area contributed by atoms with Gasteiger partial charge in [-0.1, -0.05) is 0 Å². The molecule has 2 unspecified atom stereocenters. The van der Waals surface area contributed by atoms with Crippen LogP contribution in [0.1, 0.15) is 8.97 Å². The van der Waals surface area contributed by atoms with Gasteiger partial charge in [-0.15, -0.1) is 0 Å². The van der Waals surface area contributed by atoms with E-state index in [-0.39, 0.29) is 0 Å². The number of ether oxygens (including phenoxy) is 2. The van der Waals surface area contributed by atoms with Crippen LogP contribution in [0.15, 0.2) is 21.9 Å². The summed E-state index contributed by atoms with van der Waals surface area (Å²) in [4.78, 5) is 44.6. The first-order chi connectivity index (χ1) is 17.3. The Morgan fingerprint density at radius 1 is 0.972 bits per heavy atom. The van der Waals surface area contributed by atoms with E-state index >= 15 is 0 Å². The zero-order chi connectivity index (χ0) is 28.8. The highest BCUT2D eigenvalue weighted by Crippen LogP contribution is 2.61. The summed E-state index contributed by atoms with van der Waals surface area (Å²) in [5.41, 5.74) is -1.79. The summed E-state index contributed by atoms with van der Waals surface area (Å²) in [7, 11) is -11.3. The van der Waals surface area contributed by atoms with Crippen LogP contribution in [0.3, 0.4) is 0 Å². The standard InChI is InChI=1S/C15H24N2O17P2/c18-3-5-8(20)10(22)12(24)14(32-5)33-36(28,29)34-35(26,27)30-4-6-9(21)11(23)13(31-6)17-2-1-7(19)16-15(17)25/h1-2,5-6,8-14,18,20-24H,3-4H2,(H,26,27)(H,28,29)(H,16,19,25)/t5-,6-,8-,9-,10+,11-,12-,13-,14-/m1/s1/i3D2. The summed E-state index contributed by atoms with van der Waals surface area (Å²) in [6.07, 6.45) is -17.5. The Morgan fingerprint density at radius 2 is 1.61 bits per heavy atom. The average molecular weight is 568 g/mol. The molecule has 2 aliphatic rings. The fourth-order valence-corrected chi connectivity index (χ4v) is 5.40. The maximum atomic E-state index is 12.2. The van der Waals surface area contributed by atoms with Crippen LogP contribution in [-0.4, -0.2) is 112 Å². The number of aliphatic hydroxyl groups is 6. The van der Waals surface area contributed by atoms with Gasteiger partial charge in [-0.25, -0.2) is 13.9 Å². The second-order valence-electron chi connectivity index (χ2n) is 7.51. The number of hydrogen-bond acceptors (Lipinski definition) is 15. The first kappa shape index (κ1) is 26.2. The molecular weight excluding hydrogens is 542 g/mol. The highest BCUT2D eigenvalue weighted by molar-refractivity contribution is 7.61. The van der Waals surface area contributed by atoms with E-state index in [0.29, 0.717) is 4.57 Å². The molecule has 11 atom stereocenters. The van der Waals surface area contributed by atoms with Crippen molar-refractivity contribution in [3.05, 3.63) is 33.1 Å². The molecule has 19 nitrogen and oxygen atoms in total. The predicted octanol–water partition coefficient (Wildman–Crippen LogP) is -4.79. The molecule has 1 aromatic heterocycles. The van der Waals surface area contributed by atoms with Gasteiger partial charge in [0.2, 0.25) is 0 Å². The van der Waals surface area contributed by atoms with Gasteiger partial charge in [-0.2, -0.15) is 4.31 Å². The van der Waals surface area contributed by atoms with E-state index in [2.05, 4.69) is 18.1 Å². The quantitative estimate of drug-likeness (QED) is 0.126. The highest BCUT2D eigenvalue weighted by Gasteiger charge is 2.49. The molecule has 0 bridgehead atoms. The van der Waals surface area contributed by atoms with Crippen LogP contribution in [0.25, 0.3) is 0 Å². The van der Waals surface area contributed by atoms with E-state index in [1.807, 2.05) is 4.98 Å². The van der Waals surface area contributed by atoms with Crippen molar-refractivity contribution in [3.8, 4) is 0 Å². The number of aromatic amines is 1. The lowest BCUT2D eigenvalue weighted by Crippen LogP contribution is -2.58. The Bertz CT molecular complexity index is 1210. The normalized spacial score (nSPS) is 39.6. The van der Waals surface area contributed by atoms with E-state index in [1.165, 1.54) is 0 Å². The van der Waals surface area contributed by atoms with Gasteiger partial charge in [0.15, 0.2) is 12.5 Å². The summed E-state index contributed by atoms with van der Waals surface area (Å²) in [6.45, 7) is -4.43. The number of phosphoric ester groups is 2. The summed E-state index contributed by atoms with van der Waals surface area (Å²) in [5.74, 6) is 0. The number of aromatic nitrogens is 2. The molecule has 3 rings (SSSR count). The van der Waals surface area contributed by atoms with Crippen molar-refractivity contribution in [1.29, 1.82) is 0 Å². The Kier molecular flexibility index (Phi) is 8.13. The highest BCUT2D eigenvalue weighted by atomic mass is 31.3. The molecule has 0 aromatic carbocycles. The zero-order valence-electron chi connectivity index (χ0n) is 19.7. The number of H-pyrrole nitrogens is 1. The molecule has 0 saturated carbocycles. The Morgan fingerprint density at radius 3 is 2.22 bits per heavy atom. The molecule has 21 heteroatoms. The van der Waals surface area contributed by atoms with Crippen molar-refractivity contribution in [2.24, 2.45) is 0 Å². The van der Waals surface area contributed by atoms with Gasteiger partial charge < -0.3 is 49.9 Å². The van der Waals surface area contributed by atoms with E-state index in [9.17, 15) is 59.1 Å². The Labute approximate surface area is 202 Å². The van der Waals surface area contributed by atoms with Crippen LogP contribution >= 0.6 is 15.6 Å². The maximum Gasteiger partial charge on any atom is 0.483 e. The number of nitrogens with zero attached hydrogens (tertiary/aromatic N) is 1. The molecule has 3 heterocycles. The van der Waals surface area contributed by atoms with Gasteiger partial charge in [-0.3, -0.25) is 23.4 Å². The van der Waals surface area contributed by atoms with Crippen LogP contribution in [0.5, 0.6) is 0 Å². The number of hydrogen-bond donors (Lipinski definition) is 9. The second kappa shape index (κ2) is 11.2. The average Bonchev–Trinajstić information content (AvgIpc) is 3.05. The monoisotopic (exact) mass is 568 g/mol. The smallest absolute Gasteiger partial charge is 0.394 e. The van der Waals surface area contributed by atoms with E-state index in [0.717, 1.165) is 12.3 Å². The SMILES string of the molecule is [2H]C([2H])(O)[C@H]1O[C@H](OP(=O)(O)OP(=O)(O)OC[C@H]2O[C@@H](n3ccc(=O)[nH]c3=O)[C@H](O)[C@@H]2O)[C@H](O)[C@@H](O)[C@@H]1O. The fraction of sp³-hybridized carbons (Fsp3) is 0.733. The molecule has 36 heavy (non-hydrogen) atoms. The number of phosphoric acid groups is 2. The van der Waals surface area contributed by atoms with Gasteiger partial charge in [0, 0.05) is 12.3 Å². The van der Waals surface area contributed by atoms with E-state index in [4.69, 9.17) is 7.48 Å². The fourth-order valence-electron chi connectivity index (χ4n) is 3.24. The number of rotatable bonds is 9. The molecule has 206 valence electrons. The van der Waals surface area contributed by atoms with Crippen molar-refractivity contribution in [2.45, 2.75) is 55.2 Å². The summed E-state index contributed by atoms with van der Waals surface area (Å²) < 4.78 is 62.2. The van der Waals surface area contributed by atoms with Gasteiger partial charge in [0.25, 0.3) is 5.56 Å². The number of aliphatic hydroxyl groups excluding tert-OH is 5. The first-order valence-corrected chi connectivity index (χ1v) is 12.8. The lowest BCUT2D eigenvalue weighted by molar-refractivity contribution is -0.280. The largest absolute Gasteiger partial charge is 0.483 e. The Balaban J connectivity index is 1.63. The molecule has 2 saturated heterocycles. The Hall–Kier alpha value is -1.38. The van der Waals surface area contributed by atoms with Crippen molar-refractivity contribution in [3.63, 3.8) is 0 Å². The topological polar surface area (TPSA) is 297 Å². The van der Waals surface area contributed by atoms with Crippen LogP contribution in [-0.2, 0) is 32.0 Å². The van der Waals surface area contributed by atoms with Crippen molar-refractivity contribution in [2.75, 3.05) is 13.2 Å². The van der Waals surface area contributed by atoms with Crippen LogP contribution in [0.2, 0.25) is 0 Å². The minimum absolute atomic E-state index is 0.697. The summed E-state index contributed by atoms with van der Waals surface area (Å²) in [6, 6.07) is 0.908. The second-order valence-corrected chi connectivity index (χ2v) is 10.5. The van der Waals surface area contributed by atoms with Crippen molar-refractivity contribution >= 4 is 15.6 Å². The molecule has 9 N–H and O–H groups in total. The molecule has 1 aromatic rings. The molecular formula is C15H24N2O17P2. The van der Waals surface area contributed by atoms with Crippen molar-refractivity contribution < 1.29 is 75.1 Å². The third-order valence-electron chi connectivity index (χ3n) is 5.00. The van der Waals surface area contributed by atoms with Crippen LogP contribution in [0, 0.1) is 0 Å². The lowest BCUT2D eigenvalue weighted by Gasteiger charge is -2.39. The van der Waals surface area contributed by atoms with E-state index in [1.54, 1.807) is 0 Å². The maximum absolute atomic E-state index is 12.2. The van der Waals surface area contributed by atoms with Gasteiger partial charge in [0.05, 0.1) is 15.9 Å². The van der Waals surface area contributed by atoms with E-state index < -0.39 is 95.3 Å². The van der Waals surface area contributed by atoms with Gasteiger partial charge >= 0.3 is 21.3 Å². The molecule has 0 spiro atoms. The molecule has 0 aliphatic carbocycles. The summed E-state index contributed by atoms with van der Waals surface area (Å²) in [5, 5.41) is 59.1. The molecule has 2 aliphatic heterocycles. The minimum atomic E-state index is -5.76. The predicted molar refractivity (Wildman–Crippen MR) is 109 cm³/mol. The summed E-state index contributed by atoms with van der Waals surface area (Å²) >= 11 is 0. The first-order valence-electron chi connectivity index (χ1n) is 10.8. The van der Waals surface area contributed by atoms with Crippen LogP contribution in [0.4, 0.5) is 0 Å². The molecule has 2 fully saturated rings. The van der Waals surface area contributed by atoms with Crippen molar-refractivity contribution in [1.82, 2.24) is 9.55 Å².